The van der Waals surface area contributed by atoms with Crippen LogP contribution in [0.4, 0.5) is 10.1 Å². The molecule has 24 heavy (non-hydrogen) atoms. The SMILES string of the molecule is CC(C)(O)c1ncc(-c2cc(N)c(P)c(C3CCCO3)c2F)cn1. The van der Waals surface area contributed by atoms with Crippen LogP contribution in [0.5, 0.6) is 0 Å². The summed E-state index contributed by atoms with van der Waals surface area (Å²) < 4.78 is 20.8. The third kappa shape index (κ3) is 3.14. The van der Waals surface area contributed by atoms with E-state index in [4.69, 9.17) is 10.5 Å². The third-order valence-electron chi connectivity index (χ3n) is 4.14. The summed E-state index contributed by atoms with van der Waals surface area (Å²) in [6.45, 7) is 3.82. The molecule has 2 atom stereocenters. The number of aliphatic hydroxyl groups is 1. The Hall–Kier alpha value is -1.62. The molecular formula is C17H21FN3O2P. The predicted molar refractivity (Wildman–Crippen MR) is 94.4 cm³/mol. The van der Waals surface area contributed by atoms with Crippen LogP contribution < -0.4 is 11.0 Å². The zero-order valence-corrected chi connectivity index (χ0v) is 14.9. The molecule has 3 rings (SSSR count). The molecule has 1 aromatic carbocycles. The van der Waals surface area contributed by atoms with E-state index in [9.17, 15) is 5.11 Å². The molecule has 2 unspecified atom stereocenters. The van der Waals surface area contributed by atoms with Gasteiger partial charge in [0.05, 0.1) is 6.10 Å². The van der Waals surface area contributed by atoms with Crippen molar-refractivity contribution < 1.29 is 14.2 Å². The van der Waals surface area contributed by atoms with Crippen molar-refractivity contribution in [1.29, 1.82) is 0 Å². The summed E-state index contributed by atoms with van der Waals surface area (Å²) in [6, 6.07) is 1.58. The second-order valence-electron chi connectivity index (χ2n) is 6.51. The smallest absolute Gasteiger partial charge is 0.159 e. The van der Waals surface area contributed by atoms with Crippen LogP contribution in [0.1, 0.15) is 44.2 Å². The van der Waals surface area contributed by atoms with E-state index < -0.39 is 5.60 Å². The highest BCUT2D eigenvalue weighted by atomic mass is 31.0. The van der Waals surface area contributed by atoms with Crippen LogP contribution >= 0.6 is 9.24 Å². The van der Waals surface area contributed by atoms with Crippen molar-refractivity contribution in [3.63, 3.8) is 0 Å². The van der Waals surface area contributed by atoms with Crippen LogP contribution in [0.3, 0.4) is 0 Å². The number of nitrogens with zero attached hydrogens (tertiary/aromatic N) is 2. The van der Waals surface area contributed by atoms with Gasteiger partial charge in [-0.15, -0.1) is 9.24 Å². The van der Waals surface area contributed by atoms with Gasteiger partial charge in [-0.2, -0.15) is 0 Å². The molecule has 0 amide bonds. The number of aromatic nitrogens is 2. The number of benzene rings is 1. The van der Waals surface area contributed by atoms with Crippen molar-refractivity contribution in [3.8, 4) is 11.1 Å². The van der Waals surface area contributed by atoms with Crippen LogP contribution in [-0.2, 0) is 10.3 Å². The Balaban J connectivity index is 2.08. The standard InChI is InChI=1S/C17H21FN3O2P/c1-17(2,22)16-20-7-9(8-21-16)10-6-11(19)15(24)13(14(10)18)12-4-3-5-23-12/h6-8,12,22H,3-5,19,24H2,1-2H3. The van der Waals surface area contributed by atoms with Crippen molar-refractivity contribution in [2.45, 2.75) is 38.4 Å². The van der Waals surface area contributed by atoms with Crippen LogP contribution in [0, 0.1) is 5.82 Å². The molecular weight excluding hydrogens is 328 g/mol. The van der Waals surface area contributed by atoms with E-state index in [1.54, 1.807) is 19.9 Å². The topological polar surface area (TPSA) is 81.3 Å². The minimum absolute atomic E-state index is 0.279. The summed E-state index contributed by atoms with van der Waals surface area (Å²) >= 11 is 0. The van der Waals surface area contributed by atoms with Gasteiger partial charge in [-0.1, -0.05) is 0 Å². The lowest BCUT2D eigenvalue weighted by atomic mass is 9.98. The monoisotopic (exact) mass is 349 g/mol. The summed E-state index contributed by atoms with van der Waals surface area (Å²) in [6.07, 6.45) is 4.40. The molecule has 3 N–H and O–H groups in total. The third-order valence-corrected chi connectivity index (χ3v) is 4.78. The molecule has 0 radical (unpaired) electrons. The lowest BCUT2D eigenvalue weighted by Crippen LogP contribution is -2.19. The average Bonchev–Trinajstić information content (AvgIpc) is 3.04. The van der Waals surface area contributed by atoms with E-state index in [1.807, 2.05) is 0 Å². The van der Waals surface area contributed by atoms with E-state index in [-0.39, 0.29) is 17.7 Å². The largest absolute Gasteiger partial charge is 0.398 e. The van der Waals surface area contributed by atoms with Gasteiger partial charge in [-0.05, 0) is 32.8 Å². The fraction of sp³-hybridized carbons (Fsp3) is 0.412. The lowest BCUT2D eigenvalue weighted by Gasteiger charge is -2.19. The maximum absolute atomic E-state index is 15.1. The number of rotatable bonds is 3. The highest BCUT2D eigenvalue weighted by Gasteiger charge is 2.27. The minimum atomic E-state index is -1.15. The summed E-state index contributed by atoms with van der Waals surface area (Å²) in [5.74, 6) is -0.0812. The van der Waals surface area contributed by atoms with Crippen molar-refractivity contribution in [2.24, 2.45) is 0 Å². The van der Waals surface area contributed by atoms with E-state index in [1.165, 1.54) is 12.4 Å². The van der Waals surface area contributed by atoms with Crippen molar-refractivity contribution in [3.05, 3.63) is 35.7 Å². The van der Waals surface area contributed by atoms with Gasteiger partial charge in [-0.25, -0.2) is 14.4 Å². The first kappa shape index (κ1) is 17.2. The van der Waals surface area contributed by atoms with Crippen molar-refractivity contribution >= 4 is 20.2 Å². The first-order valence-electron chi connectivity index (χ1n) is 7.83. The molecule has 7 heteroatoms. The Morgan fingerprint density at radius 3 is 2.58 bits per heavy atom. The Kier molecular flexibility index (Phi) is 4.56. The quantitative estimate of drug-likeness (QED) is 0.657. The Bertz CT molecular complexity index is 754. The summed E-state index contributed by atoms with van der Waals surface area (Å²) in [5.41, 5.74) is 6.74. The molecule has 1 saturated heterocycles. The van der Waals surface area contributed by atoms with Gasteiger partial charge in [0.15, 0.2) is 5.82 Å². The number of ether oxygens (including phenoxy) is 1. The van der Waals surface area contributed by atoms with Gasteiger partial charge in [0, 0.05) is 46.7 Å². The van der Waals surface area contributed by atoms with Crippen LogP contribution in [-0.4, -0.2) is 21.7 Å². The highest BCUT2D eigenvalue weighted by molar-refractivity contribution is 7.28. The summed E-state index contributed by atoms with van der Waals surface area (Å²) in [7, 11) is 2.51. The van der Waals surface area contributed by atoms with E-state index in [0.717, 1.165) is 12.8 Å². The maximum atomic E-state index is 15.1. The molecule has 1 aliphatic heterocycles. The molecule has 1 aliphatic rings. The van der Waals surface area contributed by atoms with Crippen LogP contribution in [0.25, 0.3) is 11.1 Å². The normalized spacial score (nSPS) is 18.1. The number of anilines is 1. The molecule has 0 bridgehead atoms. The number of hydrogen-bond acceptors (Lipinski definition) is 5. The zero-order chi connectivity index (χ0) is 17.5. The molecule has 2 aromatic rings. The zero-order valence-electron chi connectivity index (χ0n) is 13.7. The summed E-state index contributed by atoms with van der Waals surface area (Å²) in [5, 5.41) is 10.6. The van der Waals surface area contributed by atoms with Gasteiger partial charge >= 0.3 is 0 Å². The molecule has 128 valence electrons. The Morgan fingerprint density at radius 1 is 1.38 bits per heavy atom. The summed E-state index contributed by atoms with van der Waals surface area (Å²) in [4.78, 5) is 8.28. The van der Waals surface area contributed by atoms with E-state index in [0.29, 0.717) is 34.3 Å². The first-order valence-corrected chi connectivity index (χ1v) is 8.41. The van der Waals surface area contributed by atoms with Gasteiger partial charge in [-0.3, -0.25) is 0 Å². The molecule has 5 nitrogen and oxygen atoms in total. The van der Waals surface area contributed by atoms with Gasteiger partial charge in [0.1, 0.15) is 11.4 Å². The first-order chi connectivity index (χ1) is 11.3. The molecule has 1 aromatic heterocycles. The average molecular weight is 349 g/mol. The fourth-order valence-corrected chi connectivity index (χ4v) is 3.22. The van der Waals surface area contributed by atoms with Crippen molar-refractivity contribution in [1.82, 2.24) is 9.97 Å². The van der Waals surface area contributed by atoms with Gasteiger partial charge in [0.2, 0.25) is 0 Å². The second-order valence-corrected chi connectivity index (χ2v) is 7.09. The molecule has 0 aliphatic carbocycles. The van der Waals surface area contributed by atoms with E-state index in [2.05, 4.69) is 19.2 Å². The van der Waals surface area contributed by atoms with Gasteiger partial charge in [0.25, 0.3) is 0 Å². The maximum Gasteiger partial charge on any atom is 0.159 e. The molecule has 2 heterocycles. The fourth-order valence-electron chi connectivity index (χ4n) is 2.83. The second kappa shape index (κ2) is 6.36. The molecule has 0 spiro atoms. The lowest BCUT2D eigenvalue weighted by molar-refractivity contribution is 0.0687. The number of hydrogen-bond donors (Lipinski definition) is 2. The van der Waals surface area contributed by atoms with Gasteiger partial charge < -0.3 is 15.6 Å². The minimum Gasteiger partial charge on any atom is -0.398 e. The highest BCUT2D eigenvalue weighted by Crippen LogP contribution is 2.36. The van der Waals surface area contributed by atoms with E-state index >= 15 is 4.39 Å². The number of nitrogens with two attached hydrogens (primary N) is 1. The predicted octanol–water partition coefficient (Wildman–Crippen LogP) is 2.44. The Labute approximate surface area is 142 Å². The van der Waals surface area contributed by atoms with Crippen LogP contribution in [0.15, 0.2) is 18.5 Å². The van der Waals surface area contributed by atoms with Crippen LogP contribution in [0.2, 0.25) is 0 Å². The Morgan fingerprint density at radius 2 is 2.04 bits per heavy atom. The number of halogens is 1. The molecule has 0 saturated carbocycles. The molecule has 1 fully saturated rings. The number of nitrogen functional groups attached to an aromatic ring is 1. The van der Waals surface area contributed by atoms with Crippen molar-refractivity contribution in [2.75, 3.05) is 12.3 Å².